The summed E-state index contributed by atoms with van der Waals surface area (Å²) in [6, 6.07) is 0. The lowest BCUT2D eigenvalue weighted by Crippen LogP contribution is -2.18. The van der Waals surface area contributed by atoms with Crippen molar-refractivity contribution in [3.05, 3.63) is 0 Å². The highest BCUT2D eigenvalue weighted by molar-refractivity contribution is 9.07. The van der Waals surface area contributed by atoms with Gasteiger partial charge in [0.15, 0.2) is 0 Å². The van der Waals surface area contributed by atoms with E-state index >= 15 is 0 Å². The van der Waals surface area contributed by atoms with Crippen LogP contribution >= 0.6 is 16.1 Å². The van der Waals surface area contributed by atoms with Crippen molar-refractivity contribution in [1.29, 1.82) is 0 Å². The fraction of sp³-hybridized carbons (Fsp3) is 1.00. The zero-order chi connectivity index (χ0) is 5.11. The van der Waals surface area contributed by atoms with E-state index in [1.54, 1.807) is 0 Å². The van der Waals surface area contributed by atoms with Crippen LogP contribution in [0.4, 0.5) is 0 Å². The highest BCUT2D eigenvalue weighted by atomic mass is 79.9. The first-order valence-corrected chi connectivity index (χ1v) is 3.51. The maximum absolute atomic E-state index is 3.42. The Balaban J connectivity index is 0.000000490. The van der Waals surface area contributed by atoms with Gasteiger partial charge in [0.1, 0.15) is 0 Å². The molecule has 8 heavy (non-hydrogen) atoms. The Morgan fingerprint density at radius 1 is 1.00 bits per heavy atom. The first kappa shape index (κ1) is 8.40. The van der Waals surface area contributed by atoms with Crippen molar-refractivity contribution < 1.29 is 5.48 Å². The molecule has 0 aromatic heterocycles. The number of rotatable bonds is 0. The number of hydrogen-bond acceptors (Lipinski definition) is 1. The molecule has 2 N–H and O–H groups in total. The maximum atomic E-state index is 3.42. The average Bonchev–Trinajstić information content (AvgIpc) is 1.69. The lowest BCUT2D eigenvalue weighted by molar-refractivity contribution is 0.392. The van der Waals surface area contributed by atoms with E-state index < -0.39 is 0 Å². The van der Waals surface area contributed by atoms with Crippen LogP contribution < -0.4 is 0 Å². The topological polar surface area (TPSA) is 34.7 Å². The minimum atomic E-state index is 0. The summed E-state index contributed by atoms with van der Waals surface area (Å²) < 4.78 is 2.20. The standard InChI is InChI=1S/C5H10BrN.H2O/c6-7-4-2-1-3-5-7;/h1-5H2;1H2. The van der Waals surface area contributed by atoms with Crippen molar-refractivity contribution in [2.24, 2.45) is 0 Å². The summed E-state index contributed by atoms with van der Waals surface area (Å²) in [7, 11) is 0. The molecule has 0 aromatic rings. The molecule has 3 heteroatoms. The first-order chi connectivity index (χ1) is 3.39. The number of hydrogen-bond donors (Lipinski definition) is 0. The van der Waals surface area contributed by atoms with E-state index in [0.717, 1.165) is 0 Å². The molecule has 1 saturated heterocycles. The van der Waals surface area contributed by atoms with E-state index in [1.165, 1.54) is 32.4 Å². The van der Waals surface area contributed by atoms with Crippen molar-refractivity contribution in [2.75, 3.05) is 13.1 Å². The minimum absolute atomic E-state index is 0. The summed E-state index contributed by atoms with van der Waals surface area (Å²) >= 11 is 3.42. The van der Waals surface area contributed by atoms with Crippen LogP contribution in [0.3, 0.4) is 0 Å². The van der Waals surface area contributed by atoms with Gasteiger partial charge in [0.05, 0.1) is 0 Å². The SMILES string of the molecule is BrN1CCCCC1.O. The molecule has 50 valence electrons. The van der Waals surface area contributed by atoms with E-state index in [2.05, 4.69) is 20.1 Å². The van der Waals surface area contributed by atoms with Crippen molar-refractivity contribution in [3.8, 4) is 0 Å². The third kappa shape index (κ3) is 2.64. The Hall–Kier alpha value is 0.400. The Kier molecular flexibility index (Phi) is 4.51. The highest BCUT2D eigenvalue weighted by Gasteiger charge is 2.04. The predicted octanol–water partition coefficient (Wildman–Crippen LogP) is 0.958. The van der Waals surface area contributed by atoms with Gasteiger partial charge in [-0.15, -0.1) is 0 Å². The molecule has 0 aliphatic carbocycles. The molecule has 2 nitrogen and oxygen atoms in total. The van der Waals surface area contributed by atoms with Gasteiger partial charge in [-0.2, -0.15) is 0 Å². The summed E-state index contributed by atoms with van der Waals surface area (Å²) in [5, 5.41) is 0. The molecule has 0 aromatic carbocycles. The van der Waals surface area contributed by atoms with Crippen molar-refractivity contribution in [2.45, 2.75) is 19.3 Å². The zero-order valence-corrected chi connectivity index (χ0v) is 6.45. The molecular weight excluding hydrogens is 170 g/mol. The quantitative estimate of drug-likeness (QED) is 0.513. The van der Waals surface area contributed by atoms with Gasteiger partial charge in [-0.1, -0.05) is 6.42 Å². The monoisotopic (exact) mass is 181 g/mol. The van der Waals surface area contributed by atoms with Crippen LogP contribution in [0.1, 0.15) is 19.3 Å². The van der Waals surface area contributed by atoms with Gasteiger partial charge in [-0.05, 0) is 12.8 Å². The molecule has 0 unspecified atom stereocenters. The molecule has 0 radical (unpaired) electrons. The van der Waals surface area contributed by atoms with E-state index in [4.69, 9.17) is 0 Å². The Morgan fingerprint density at radius 2 is 1.50 bits per heavy atom. The average molecular weight is 182 g/mol. The normalized spacial score (nSPS) is 22.1. The largest absolute Gasteiger partial charge is 0.412 e. The predicted molar refractivity (Wildman–Crippen MR) is 38.0 cm³/mol. The van der Waals surface area contributed by atoms with Crippen molar-refractivity contribution in [1.82, 2.24) is 3.93 Å². The molecule has 0 amide bonds. The zero-order valence-electron chi connectivity index (χ0n) is 4.86. The molecule has 0 saturated carbocycles. The van der Waals surface area contributed by atoms with Gasteiger partial charge in [-0.25, -0.2) is 3.93 Å². The van der Waals surface area contributed by atoms with Gasteiger partial charge in [0.2, 0.25) is 0 Å². The van der Waals surface area contributed by atoms with Gasteiger partial charge in [-0.3, -0.25) is 0 Å². The van der Waals surface area contributed by atoms with Crippen molar-refractivity contribution >= 4 is 16.1 Å². The van der Waals surface area contributed by atoms with Crippen LogP contribution in [0.25, 0.3) is 0 Å². The van der Waals surface area contributed by atoms with Crippen LogP contribution in [-0.2, 0) is 0 Å². The van der Waals surface area contributed by atoms with Gasteiger partial charge >= 0.3 is 0 Å². The maximum Gasteiger partial charge on any atom is 0.0120 e. The summed E-state index contributed by atoms with van der Waals surface area (Å²) in [5.74, 6) is 0. The summed E-state index contributed by atoms with van der Waals surface area (Å²) in [6.45, 7) is 2.47. The van der Waals surface area contributed by atoms with E-state index in [-0.39, 0.29) is 5.48 Å². The molecule has 1 aliphatic rings. The molecule has 1 heterocycles. The van der Waals surface area contributed by atoms with Crippen LogP contribution in [0.5, 0.6) is 0 Å². The lowest BCUT2D eigenvalue weighted by Gasteiger charge is -2.18. The molecule has 1 aliphatic heterocycles. The van der Waals surface area contributed by atoms with E-state index in [9.17, 15) is 0 Å². The Morgan fingerprint density at radius 3 is 1.75 bits per heavy atom. The first-order valence-electron chi connectivity index (χ1n) is 2.80. The molecule has 0 spiro atoms. The second-order valence-electron chi connectivity index (χ2n) is 1.97. The van der Waals surface area contributed by atoms with Crippen molar-refractivity contribution in [3.63, 3.8) is 0 Å². The van der Waals surface area contributed by atoms with E-state index in [1.807, 2.05) is 0 Å². The lowest BCUT2D eigenvalue weighted by atomic mass is 10.2. The smallest absolute Gasteiger partial charge is 0.0120 e. The molecule has 0 atom stereocenters. The van der Waals surface area contributed by atoms with Crippen LogP contribution in [0.2, 0.25) is 0 Å². The molecular formula is C5H12BrNO. The Labute approximate surface area is 58.5 Å². The highest BCUT2D eigenvalue weighted by Crippen LogP contribution is 2.10. The third-order valence-electron chi connectivity index (χ3n) is 1.30. The van der Waals surface area contributed by atoms with Crippen LogP contribution in [-0.4, -0.2) is 22.5 Å². The molecule has 1 rings (SSSR count). The number of halogens is 1. The number of nitrogens with zero attached hydrogens (tertiary/aromatic N) is 1. The van der Waals surface area contributed by atoms with Gasteiger partial charge < -0.3 is 5.48 Å². The number of piperidine rings is 1. The van der Waals surface area contributed by atoms with Gasteiger partial charge in [0.25, 0.3) is 0 Å². The fourth-order valence-electron chi connectivity index (χ4n) is 0.855. The minimum Gasteiger partial charge on any atom is -0.412 e. The summed E-state index contributed by atoms with van der Waals surface area (Å²) in [6.07, 6.45) is 4.15. The Bertz CT molecular complexity index is 54.4. The van der Waals surface area contributed by atoms with Gasteiger partial charge in [0, 0.05) is 29.2 Å². The third-order valence-corrected chi connectivity index (χ3v) is 2.01. The summed E-state index contributed by atoms with van der Waals surface area (Å²) in [4.78, 5) is 0. The van der Waals surface area contributed by atoms with Crippen LogP contribution in [0.15, 0.2) is 0 Å². The molecule has 0 bridgehead atoms. The van der Waals surface area contributed by atoms with E-state index in [0.29, 0.717) is 0 Å². The fourth-order valence-corrected chi connectivity index (χ4v) is 1.36. The second kappa shape index (κ2) is 4.30. The molecule has 1 fully saturated rings. The summed E-state index contributed by atoms with van der Waals surface area (Å²) in [5.41, 5.74) is 0. The second-order valence-corrected chi connectivity index (χ2v) is 2.97. The van der Waals surface area contributed by atoms with Crippen LogP contribution in [0, 0.1) is 0 Å².